The van der Waals surface area contributed by atoms with Crippen molar-refractivity contribution in [3.05, 3.63) is 29.8 Å². The summed E-state index contributed by atoms with van der Waals surface area (Å²) in [5.41, 5.74) is 2.45. The highest BCUT2D eigenvalue weighted by Crippen LogP contribution is 2.30. The predicted molar refractivity (Wildman–Crippen MR) is 82.4 cm³/mol. The fraction of sp³-hybridized carbons (Fsp3) is 0.529. The molecule has 1 unspecified atom stereocenters. The van der Waals surface area contributed by atoms with Crippen LogP contribution in [-0.4, -0.2) is 30.9 Å². The Balaban J connectivity index is 1.95. The van der Waals surface area contributed by atoms with Crippen LogP contribution < -0.4 is 4.90 Å². The number of para-hydroxylation sites is 1. The lowest BCUT2D eigenvalue weighted by Crippen LogP contribution is -2.40. The largest absolute Gasteiger partial charge is 0.466 e. The van der Waals surface area contributed by atoms with E-state index in [0.717, 1.165) is 18.5 Å². The van der Waals surface area contributed by atoms with E-state index in [1.54, 1.807) is 6.92 Å². The van der Waals surface area contributed by atoms with Crippen molar-refractivity contribution >= 4 is 17.4 Å². The lowest BCUT2D eigenvalue weighted by atomic mass is 9.96. The van der Waals surface area contributed by atoms with Crippen molar-refractivity contribution in [1.82, 2.24) is 0 Å². The topological polar surface area (TPSA) is 46.6 Å². The van der Waals surface area contributed by atoms with Gasteiger partial charge in [-0.2, -0.15) is 0 Å². The van der Waals surface area contributed by atoms with Crippen molar-refractivity contribution in [2.45, 2.75) is 45.6 Å². The van der Waals surface area contributed by atoms with E-state index in [1.807, 2.05) is 12.1 Å². The summed E-state index contributed by atoms with van der Waals surface area (Å²) < 4.78 is 4.85. The molecule has 0 radical (unpaired) electrons. The van der Waals surface area contributed by atoms with Gasteiger partial charge in [-0.05, 0) is 38.3 Å². The molecule has 114 valence electrons. The molecule has 0 bridgehead atoms. The molecule has 1 aliphatic rings. The molecule has 0 saturated heterocycles. The molecule has 0 N–H and O–H groups in total. The fourth-order valence-electron chi connectivity index (χ4n) is 2.74. The number of esters is 1. The minimum atomic E-state index is -0.294. The molecule has 1 heterocycles. The van der Waals surface area contributed by atoms with Crippen molar-refractivity contribution in [2.75, 3.05) is 18.1 Å². The highest BCUT2D eigenvalue weighted by Gasteiger charge is 2.24. The van der Waals surface area contributed by atoms with Crippen LogP contribution in [0.5, 0.6) is 0 Å². The third-order valence-electron chi connectivity index (χ3n) is 3.92. The van der Waals surface area contributed by atoms with Crippen LogP contribution in [0.1, 0.15) is 38.7 Å². The molecule has 0 amide bonds. The van der Waals surface area contributed by atoms with Crippen molar-refractivity contribution < 1.29 is 14.3 Å². The first kappa shape index (κ1) is 15.5. The maximum absolute atomic E-state index is 12.1. The van der Waals surface area contributed by atoms with Crippen LogP contribution in [0.3, 0.4) is 0 Å². The molecule has 4 nitrogen and oxygen atoms in total. The molecule has 0 aromatic heterocycles. The number of aryl methyl sites for hydroxylation is 1. The lowest BCUT2D eigenvalue weighted by molar-refractivity contribution is -0.144. The molecule has 21 heavy (non-hydrogen) atoms. The number of nitrogens with zero attached hydrogens (tertiary/aromatic N) is 1. The average Bonchev–Trinajstić information content (AvgIpc) is 2.48. The smallest absolute Gasteiger partial charge is 0.306 e. The maximum atomic E-state index is 12.1. The van der Waals surface area contributed by atoms with E-state index in [9.17, 15) is 9.59 Å². The SMILES string of the molecule is CCOC(=O)CCC(=O)CN1c2ccccc2CCC1C. The first-order chi connectivity index (χ1) is 10.1. The van der Waals surface area contributed by atoms with Gasteiger partial charge in [0.05, 0.1) is 19.6 Å². The summed E-state index contributed by atoms with van der Waals surface area (Å²) in [7, 11) is 0. The molecule has 1 atom stereocenters. The second-order valence-electron chi connectivity index (χ2n) is 5.49. The summed E-state index contributed by atoms with van der Waals surface area (Å²) in [6.07, 6.45) is 2.55. The molecule has 4 heteroatoms. The number of rotatable bonds is 6. The normalized spacial score (nSPS) is 17.2. The quantitative estimate of drug-likeness (QED) is 0.755. The Labute approximate surface area is 126 Å². The minimum Gasteiger partial charge on any atom is -0.466 e. The van der Waals surface area contributed by atoms with Crippen LogP contribution in [0.15, 0.2) is 24.3 Å². The van der Waals surface area contributed by atoms with E-state index in [2.05, 4.69) is 24.0 Å². The third kappa shape index (κ3) is 4.06. The van der Waals surface area contributed by atoms with Crippen LogP contribution in [0, 0.1) is 0 Å². The summed E-state index contributed by atoms with van der Waals surface area (Å²) in [6, 6.07) is 8.59. The Bertz CT molecular complexity index is 513. The molecule has 0 aliphatic carbocycles. The molecule has 0 saturated carbocycles. The molecule has 0 fully saturated rings. The van der Waals surface area contributed by atoms with Crippen LogP contribution in [0.4, 0.5) is 5.69 Å². The van der Waals surface area contributed by atoms with Gasteiger partial charge in [-0.25, -0.2) is 0 Å². The standard InChI is InChI=1S/C17H23NO3/c1-3-21-17(20)11-10-15(19)12-18-13(2)8-9-14-6-4-5-7-16(14)18/h4-7,13H,3,8-12H2,1-2H3. The molecule has 2 rings (SSSR count). The van der Waals surface area contributed by atoms with E-state index in [1.165, 1.54) is 5.56 Å². The molecular formula is C17H23NO3. The van der Waals surface area contributed by atoms with Gasteiger partial charge in [-0.15, -0.1) is 0 Å². The Morgan fingerprint density at radius 2 is 2.05 bits per heavy atom. The minimum absolute atomic E-state index is 0.0895. The van der Waals surface area contributed by atoms with Gasteiger partial charge in [-0.1, -0.05) is 18.2 Å². The van der Waals surface area contributed by atoms with Gasteiger partial charge >= 0.3 is 5.97 Å². The number of hydrogen-bond donors (Lipinski definition) is 0. The van der Waals surface area contributed by atoms with Crippen molar-refractivity contribution in [3.8, 4) is 0 Å². The van der Waals surface area contributed by atoms with Gasteiger partial charge in [0.15, 0.2) is 5.78 Å². The molecule has 0 spiro atoms. The van der Waals surface area contributed by atoms with Gasteiger partial charge in [-0.3, -0.25) is 9.59 Å². The highest BCUT2D eigenvalue weighted by molar-refractivity contribution is 5.87. The van der Waals surface area contributed by atoms with E-state index < -0.39 is 0 Å². The fourth-order valence-corrected chi connectivity index (χ4v) is 2.74. The van der Waals surface area contributed by atoms with Crippen LogP contribution in [-0.2, 0) is 20.7 Å². The zero-order chi connectivity index (χ0) is 15.2. The van der Waals surface area contributed by atoms with E-state index >= 15 is 0 Å². The Morgan fingerprint density at radius 1 is 1.29 bits per heavy atom. The van der Waals surface area contributed by atoms with Crippen LogP contribution in [0.25, 0.3) is 0 Å². The molecule has 1 aromatic rings. The summed E-state index contributed by atoms with van der Waals surface area (Å²) in [5.74, 6) is -0.204. The van der Waals surface area contributed by atoms with E-state index in [0.29, 0.717) is 19.2 Å². The number of benzene rings is 1. The second-order valence-corrected chi connectivity index (χ2v) is 5.49. The number of carbonyl (C=O) groups is 2. The van der Waals surface area contributed by atoms with Gasteiger partial charge in [0.2, 0.25) is 0 Å². The van der Waals surface area contributed by atoms with Gasteiger partial charge < -0.3 is 9.64 Å². The summed E-state index contributed by atoms with van der Waals surface area (Å²) >= 11 is 0. The summed E-state index contributed by atoms with van der Waals surface area (Å²) in [5, 5.41) is 0. The molecule has 1 aromatic carbocycles. The van der Waals surface area contributed by atoms with Crippen LogP contribution >= 0.6 is 0 Å². The molecule has 1 aliphatic heterocycles. The number of Topliss-reactive ketones (excluding diaryl/α,β-unsaturated/α-hetero) is 1. The first-order valence-corrected chi connectivity index (χ1v) is 7.63. The van der Waals surface area contributed by atoms with Gasteiger partial charge in [0.1, 0.15) is 0 Å². The Morgan fingerprint density at radius 3 is 2.81 bits per heavy atom. The number of fused-ring (bicyclic) bond motifs is 1. The van der Waals surface area contributed by atoms with Gasteiger partial charge in [0, 0.05) is 18.2 Å². The predicted octanol–water partition coefficient (Wildman–Crippen LogP) is 2.74. The highest BCUT2D eigenvalue weighted by atomic mass is 16.5. The van der Waals surface area contributed by atoms with Gasteiger partial charge in [0.25, 0.3) is 0 Å². The van der Waals surface area contributed by atoms with E-state index in [-0.39, 0.29) is 24.6 Å². The van der Waals surface area contributed by atoms with Crippen molar-refractivity contribution in [3.63, 3.8) is 0 Å². The lowest BCUT2D eigenvalue weighted by Gasteiger charge is -2.36. The molecular weight excluding hydrogens is 266 g/mol. The number of carbonyl (C=O) groups excluding carboxylic acids is 2. The monoisotopic (exact) mass is 289 g/mol. The number of ether oxygens (including phenoxy) is 1. The Hall–Kier alpha value is -1.84. The summed E-state index contributed by atoms with van der Waals surface area (Å²) in [6.45, 7) is 4.65. The van der Waals surface area contributed by atoms with Crippen molar-refractivity contribution in [1.29, 1.82) is 0 Å². The first-order valence-electron chi connectivity index (χ1n) is 7.63. The van der Waals surface area contributed by atoms with Crippen LogP contribution in [0.2, 0.25) is 0 Å². The maximum Gasteiger partial charge on any atom is 0.306 e. The number of anilines is 1. The number of ketones is 1. The zero-order valence-electron chi connectivity index (χ0n) is 12.8. The summed E-state index contributed by atoms with van der Waals surface area (Å²) in [4.78, 5) is 25.6. The zero-order valence-corrected chi connectivity index (χ0v) is 12.8. The Kier molecular flexibility index (Phi) is 5.37. The third-order valence-corrected chi connectivity index (χ3v) is 3.92. The average molecular weight is 289 g/mol. The second kappa shape index (κ2) is 7.25. The number of hydrogen-bond acceptors (Lipinski definition) is 4. The van der Waals surface area contributed by atoms with E-state index in [4.69, 9.17) is 4.74 Å². The van der Waals surface area contributed by atoms with Crippen molar-refractivity contribution in [2.24, 2.45) is 0 Å².